The first kappa shape index (κ1) is 16.3. The molecule has 0 saturated carbocycles. The number of aromatic nitrogens is 4. The molecule has 8 heteroatoms. The highest BCUT2D eigenvalue weighted by molar-refractivity contribution is 5.74. The molecule has 4 rings (SSSR count). The van der Waals surface area contributed by atoms with Crippen molar-refractivity contribution in [1.29, 1.82) is 0 Å². The van der Waals surface area contributed by atoms with Gasteiger partial charge in [-0.15, -0.1) is 0 Å². The molecule has 0 atom stereocenters. The Morgan fingerprint density at radius 1 is 1.31 bits per heavy atom. The van der Waals surface area contributed by atoms with Gasteiger partial charge in [-0.3, -0.25) is 4.68 Å². The third kappa shape index (κ3) is 2.94. The van der Waals surface area contributed by atoms with E-state index in [0.717, 1.165) is 23.2 Å². The average molecular weight is 352 g/mol. The minimum atomic E-state index is -0.0965. The summed E-state index contributed by atoms with van der Waals surface area (Å²) in [5.41, 5.74) is 3.84. The predicted octanol–water partition coefficient (Wildman–Crippen LogP) is 1.76. The summed E-state index contributed by atoms with van der Waals surface area (Å²) in [6, 6.07) is 9.90. The molecule has 0 spiro atoms. The molecule has 0 radical (unpaired) electrons. The van der Waals surface area contributed by atoms with Crippen LogP contribution in [-0.2, 0) is 26.4 Å². The number of carbonyl (C=O) groups excluding carboxylic acids is 1. The lowest BCUT2D eigenvalue weighted by atomic mass is 10.1. The fourth-order valence-corrected chi connectivity index (χ4v) is 3.30. The molecular formula is C18H20N6O2. The predicted molar refractivity (Wildman–Crippen MR) is 94.3 cm³/mol. The van der Waals surface area contributed by atoms with E-state index >= 15 is 0 Å². The van der Waals surface area contributed by atoms with Crippen LogP contribution in [0.5, 0.6) is 0 Å². The van der Waals surface area contributed by atoms with Gasteiger partial charge in [0.25, 0.3) is 5.89 Å². The Kier molecular flexibility index (Phi) is 4.16. The van der Waals surface area contributed by atoms with Gasteiger partial charge in [0.15, 0.2) is 11.5 Å². The molecule has 8 nitrogen and oxygen atoms in total. The second-order valence-electron chi connectivity index (χ2n) is 6.30. The Balaban J connectivity index is 1.62. The number of nitrogens with one attached hydrogen (secondary N) is 1. The summed E-state index contributed by atoms with van der Waals surface area (Å²) in [5, 5.41) is 11.3. The zero-order chi connectivity index (χ0) is 18.1. The fourth-order valence-electron chi connectivity index (χ4n) is 3.30. The standard InChI is InChI=1S/C18H20N6O2/c1-19-18(25)24-9-8-14-13(11-24)16(21-23(14)2)17-20-15(22-26-17)10-12-6-4-3-5-7-12/h3-7H,8-11H2,1-2H3,(H,19,25). The SMILES string of the molecule is CNC(=O)N1CCc2c(c(-c3nc(Cc4ccccc4)no3)nn2C)C1. The van der Waals surface area contributed by atoms with Crippen molar-refractivity contribution in [2.24, 2.45) is 7.05 Å². The first-order chi connectivity index (χ1) is 12.7. The number of urea groups is 1. The molecule has 2 aromatic heterocycles. The van der Waals surface area contributed by atoms with Gasteiger partial charge in [0.05, 0.1) is 6.54 Å². The molecule has 3 heterocycles. The Bertz CT molecular complexity index is 931. The number of hydrogen-bond acceptors (Lipinski definition) is 5. The molecule has 1 N–H and O–H groups in total. The van der Waals surface area contributed by atoms with Crippen molar-refractivity contribution in [2.45, 2.75) is 19.4 Å². The lowest BCUT2D eigenvalue weighted by molar-refractivity contribution is 0.194. The number of rotatable bonds is 3. The molecular weight excluding hydrogens is 332 g/mol. The maximum absolute atomic E-state index is 12.0. The molecule has 1 aliphatic heterocycles. The van der Waals surface area contributed by atoms with E-state index < -0.39 is 0 Å². The van der Waals surface area contributed by atoms with Crippen molar-refractivity contribution >= 4 is 6.03 Å². The molecule has 0 saturated heterocycles. The van der Waals surface area contributed by atoms with Gasteiger partial charge in [-0.1, -0.05) is 35.5 Å². The summed E-state index contributed by atoms with van der Waals surface area (Å²) >= 11 is 0. The molecule has 0 fully saturated rings. The van der Waals surface area contributed by atoms with Crippen molar-refractivity contribution in [3.8, 4) is 11.6 Å². The van der Waals surface area contributed by atoms with E-state index in [9.17, 15) is 4.79 Å². The monoisotopic (exact) mass is 352 g/mol. The van der Waals surface area contributed by atoms with E-state index in [1.165, 1.54) is 0 Å². The van der Waals surface area contributed by atoms with Gasteiger partial charge in [0.1, 0.15) is 0 Å². The number of nitrogens with zero attached hydrogens (tertiary/aromatic N) is 5. The van der Waals surface area contributed by atoms with Crippen molar-refractivity contribution in [3.05, 3.63) is 53.0 Å². The summed E-state index contributed by atoms with van der Waals surface area (Å²) in [6.45, 7) is 1.14. The highest BCUT2D eigenvalue weighted by Gasteiger charge is 2.29. The largest absolute Gasteiger partial charge is 0.341 e. The van der Waals surface area contributed by atoms with Gasteiger partial charge in [-0.2, -0.15) is 10.1 Å². The quantitative estimate of drug-likeness (QED) is 0.776. The number of carbonyl (C=O) groups is 1. The molecule has 2 amide bonds. The van der Waals surface area contributed by atoms with Crippen molar-refractivity contribution in [1.82, 2.24) is 30.1 Å². The lowest BCUT2D eigenvalue weighted by Gasteiger charge is -2.26. The molecule has 3 aromatic rings. The number of amides is 2. The third-order valence-corrected chi connectivity index (χ3v) is 4.62. The number of aryl methyl sites for hydroxylation is 1. The zero-order valence-electron chi connectivity index (χ0n) is 14.8. The van der Waals surface area contributed by atoms with Crippen LogP contribution >= 0.6 is 0 Å². The molecule has 1 aromatic carbocycles. The number of fused-ring (bicyclic) bond motifs is 1. The maximum atomic E-state index is 12.0. The Morgan fingerprint density at radius 2 is 2.12 bits per heavy atom. The fraction of sp³-hybridized carbons (Fsp3) is 0.333. The van der Waals surface area contributed by atoms with E-state index in [0.29, 0.717) is 36.9 Å². The topological polar surface area (TPSA) is 89.1 Å². The first-order valence-electron chi connectivity index (χ1n) is 8.54. The molecule has 26 heavy (non-hydrogen) atoms. The van der Waals surface area contributed by atoms with E-state index in [2.05, 4.69) is 20.6 Å². The van der Waals surface area contributed by atoms with Crippen LogP contribution in [0.3, 0.4) is 0 Å². The second kappa shape index (κ2) is 6.62. The van der Waals surface area contributed by atoms with Gasteiger partial charge in [0.2, 0.25) is 0 Å². The zero-order valence-corrected chi connectivity index (χ0v) is 14.8. The highest BCUT2D eigenvalue weighted by atomic mass is 16.5. The summed E-state index contributed by atoms with van der Waals surface area (Å²) in [4.78, 5) is 18.2. The van der Waals surface area contributed by atoms with Gasteiger partial charge in [-0.05, 0) is 5.56 Å². The van der Waals surface area contributed by atoms with Crippen LogP contribution in [0.25, 0.3) is 11.6 Å². The van der Waals surface area contributed by atoms with Crippen molar-refractivity contribution in [2.75, 3.05) is 13.6 Å². The van der Waals surface area contributed by atoms with Gasteiger partial charge in [-0.25, -0.2) is 4.79 Å². The minimum Gasteiger partial charge on any atom is -0.341 e. The van der Waals surface area contributed by atoms with Crippen LogP contribution in [0.15, 0.2) is 34.9 Å². The van der Waals surface area contributed by atoms with Crippen LogP contribution < -0.4 is 5.32 Å². The van der Waals surface area contributed by atoms with Gasteiger partial charge >= 0.3 is 6.03 Å². The van der Waals surface area contributed by atoms with Gasteiger partial charge in [0, 0.05) is 44.7 Å². The van der Waals surface area contributed by atoms with E-state index in [-0.39, 0.29) is 6.03 Å². The van der Waals surface area contributed by atoms with E-state index in [1.807, 2.05) is 42.1 Å². The Hall–Kier alpha value is -3.16. The minimum absolute atomic E-state index is 0.0965. The van der Waals surface area contributed by atoms with Crippen LogP contribution in [0.2, 0.25) is 0 Å². The molecule has 0 aliphatic carbocycles. The smallest absolute Gasteiger partial charge is 0.317 e. The third-order valence-electron chi connectivity index (χ3n) is 4.62. The average Bonchev–Trinajstić information content (AvgIpc) is 3.26. The molecule has 1 aliphatic rings. The highest BCUT2D eigenvalue weighted by Crippen LogP contribution is 2.29. The van der Waals surface area contributed by atoms with Crippen LogP contribution in [0.4, 0.5) is 4.79 Å². The molecule has 0 unspecified atom stereocenters. The van der Waals surface area contributed by atoms with Crippen LogP contribution in [0.1, 0.15) is 22.6 Å². The number of benzene rings is 1. The number of hydrogen-bond donors (Lipinski definition) is 1. The maximum Gasteiger partial charge on any atom is 0.317 e. The summed E-state index contributed by atoms with van der Waals surface area (Å²) in [7, 11) is 3.54. The lowest BCUT2D eigenvalue weighted by Crippen LogP contribution is -2.41. The first-order valence-corrected chi connectivity index (χ1v) is 8.54. The Labute approximate surface area is 150 Å². The van der Waals surface area contributed by atoms with E-state index in [4.69, 9.17) is 4.52 Å². The van der Waals surface area contributed by atoms with Crippen LogP contribution in [0, 0.1) is 0 Å². The van der Waals surface area contributed by atoms with Crippen molar-refractivity contribution < 1.29 is 9.32 Å². The summed E-state index contributed by atoms with van der Waals surface area (Å²) < 4.78 is 7.31. The van der Waals surface area contributed by atoms with Gasteiger partial charge < -0.3 is 14.7 Å². The van der Waals surface area contributed by atoms with E-state index in [1.54, 1.807) is 11.9 Å². The normalized spacial score (nSPS) is 13.5. The Morgan fingerprint density at radius 3 is 2.88 bits per heavy atom. The van der Waals surface area contributed by atoms with Crippen molar-refractivity contribution in [3.63, 3.8) is 0 Å². The summed E-state index contributed by atoms with van der Waals surface area (Å²) in [5.74, 6) is 1.01. The molecule has 134 valence electrons. The van der Waals surface area contributed by atoms with Crippen LogP contribution in [-0.4, -0.2) is 44.4 Å². The molecule has 0 bridgehead atoms. The second-order valence-corrected chi connectivity index (χ2v) is 6.30. The summed E-state index contributed by atoms with van der Waals surface area (Å²) in [6.07, 6.45) is 1.35.